The molecule has 0 aliphatic carbocycles. The van der Waals surface area contributed by atoms with Gasteiger partial charge in [0.05, 0.1) is 17.3 Å². The molecule has 31 heavy (non-hydrogen) atoms. The number of Topliss-reactive ketones (excluding diaryl/α,β-unsaturated/α-hetero) is 1. The number of hydrogen-bond acceptors (Lipinski definition) is 5. The number of rotatable bonds is 5. The van der Waals surface area contributed by atoms with Crippen LogP contribution >= 0.6 is 0 Å². The summed E-state index contributed by atoms with van der Waals surface area (Å²) in [5, 5.41) is 11.3. The summed E-state index contributed by atoms with van der Waals surface area (Å²) in [5.41, 5.74) is 3.55. The number of fused-ring (bicyclic) bond motifs is 1. The number of aryl methyl sites for hydroxylation is 2. The van der Waals surface area contributed by atoms with E-state index in [2.05, 4.69) is 4.98 Å². The molecular weight excluding hydrogens is 392 g/mol. The van der Waals surface area contributed by atoms with Crippen LogP contribution < -0.4 is 0 Å². The first kappa shape index (κ1) is 20.8. The van der Waals surface area contributed by atoms with Crippen molar-refractivity contribution in [3.05, 3.63) is 76.7 Å². The van der Waals surface area contributed by atoms with Crippen LogP contribution in [0.1, 0.15) is 28.6 Å². The second-order valence-electron chi connectivity index (χ2n) is 8.14. The fourth-order valence-corrected chi connectivity index (χ4v) is 4.07. The molecule has 2 aromatic heterocycles. The lowest BCUT2D eigenvalue weighted by Gasteiger charge is -2.26. The van der Waals surface area contributed by atoms with Crippen molar-refractivity contribution in [2.75, 3.05) is 27.2 Å². The topological polar surface area (TPSA) is 78.2 Å². The molecule has 7 nitrogen and oxygen atoms in total. The summed E-state index contributed by atoms with van der Waals surface area (Å²) in [5.74, 6) is -1.52. The minimum atomic E-state index is -0.682. The van der Waals surface area contributed by atoms with Gasteiger partial charge in [-0.05, 0) is 45.1 Å². The van der Waals surface area contributed by atoms with E-state index >= 15 is 0 Å². The molecule has 1 aliphatic heterocycles. The maximum Gasteiger partial charge on any atom is 0.295 e. The molecule has 4 rings (SSSR count). The molecule has 1 N–H and O–H groups in total. The largest absolute Gasteiger partial charge is 0.505 e. The number of carbonyl (C=O) groups excluding carboxylic acids is 2. The average Bonchev–Trinajstić information content (AvgIpc) is 3.22. The first-order valence-electron chi connectivity index (χ1n) is 10.2. The molecule has 1 saturated heterocycles. The van der Waals surface area contributed by atoms with Crippen LogP contribution in [-0.4, -0.2) is 63.2 Å². The fraction of sp³-hybridized carbons (Fsp3) is 0.292. The van der Waals surface area contributed by atoms with Crippen LogP contribution in [0.2, 0.25) is 0 Å². The highest BCUT2D eigenvalue weighted by Crippen LogP contribution is 2.39. The maximum absolute atomic E-state index is 13.1. The number of carbonyl (C=O) groups is 2. The van der Waals surface area contributed by atoms with Crippen LogP contribution in [0.25, 0.3) is 11.4 Å². The van der Waals surface area contributed by atoms with Gasteiger partial charge in [-0.25, -0.2) is 4.98 Å². The Bertz CT molecular complexity index is 1190. The molecule has 3 aromatic rings. The predicted molar refractivity (Wildman–Crippen MR) is 119 cm³/mol. The normalized spacial score (nSPS) is 18.5. The molecule has 0 bridgehead atoms. The Morgan fingerprint density at radius 1 is 1.10 bits per heavy atom. The summed E-state index contributed by atoms with van der Waals surface area (Å²) in [6.07, 6.45) is 1.87. The third kappa shape index (κ3) is 3.51. The van der Waals surface area contributed by atoms with Crippen molar-refractivity contribution in [2.45, 2.75) is 19.9 Å². The van der Waals surface area contributed by atoms with Crippen LogP contribution in [0.4, 0.5) is 0 Å². The van der Waals surface area contributed by atoms with Crippen LogP contribution in [0, 0.1) is 13.8 Å². The fourth-order valence-electron chi connectivity index (χ4n) is 4.07. The number of likely N-dealkylation sites (tertiary alicyclic amines) is 1. The van der Waals surface area contributed by atoms with Crippen molar-refractivity contribution in [1.29, 1.82) is 0 Å². The van der Waals surface area contributed by atoms with Gasteiger partial charge in [0, 0.05) is 19.3 Å². The summed E-state index contributed by atoms with van der Waals surface area (Å²) in [7, 11) is 3.83. The zero-order valence-corrected chi connectivity index (χ0v) is 18.2. The molecule has 1 amide bonds. The number of aromatic nitrogens is 2. The van der Waals surface area contributed by atoms with Gasteiger partial charge in [-0.1, -0.05) is 36.4 Å². The Morgan fingerprint density at radius 2 is 1.81 bits per heavy atom. The van der Waals surface area contributed by atoms with Crippen molar-refractivity contribution in [1.82, 2.24) is 19.2 Å². The molecule has 3 heterocycles. The summed E-state index contributed by atoms with van der Waals surface area (Å²) < 4.78 is 1.88. The van der Waals surface area contributed by atoms with E-state index in [1.165, 1.54) is 0 Å². The van der Waals surface area contributed by atoms with Gasteiger partial charge in [0.25, 0.3) is 11.7 Å². The Kier molecular flexibility index (Phi) is 5.37. The minimum absolute atomic E-state index is 0.0825. The lowest BCUT2D eigenvalue weighted by molar-refractivity contribution is -0.140. The quantitative estimate of drug-likeness (QED) is 0.392. The van der Waals surface area contributed by atoms with Gasteiger partial charge in [0.1, 0.15) is 11.3 Å². The number of benzene rings is 1. The first-order chi connectivity index (χ1) is 14.8. The number of imidazole rings is 1. The number of likely N-dealkylation sites (N-methyl/N-ethyl adjacent to an activating group) is 1. The summed E-state index contributed by atoms with van der Waals surface area (Å²) in [6.45, 7) is 4.75. The molecular formula is C24H26N4O3. The number of amides is 1. The third-order valence-electron chi connectivity index (χ3n) is 5.75. The third-order valence-corrected chi connectivity index (χ3v) is 5.75. The van der Waals surface area contributed by atoms with Crippen molar-refractivity contribution in [3.63, 3.8) is 0 Å². The highest BCUT2D eigenvalue weighted by Gasteiger charge is 2.46. The Morgan fingerprint density at radius 3 is 2.45 bits per heavy atom. The van der Waals surface area contributed by atoms with Crippen LogP contribution in [0.15, 0.2) is 54.2 Å². The van der Waals surface area contributed by atoms with Gasteiger partial charge in [-0.15, -0.1) is 0 Å². The molecule has 1 atom stereocenters. The van der Waals surface area contributed by atoms with Gasteiger partial charge >= 0.3 is 0 Å². The molecule has 0 spiro atoms. The summed E-state index contributed by atoms with van der Waals surface area (Å²) in [6, 6.07) is 12.5. The van der Waals surface area contributed by atoms with Crippen molar-refractivity contribution in [3.8, 4) is 0 Å². The Hall–Kier alpha value is -3.45. The van der Waals surface area contributed by atoms with Gasteiger partial charge in [-0.3, -0.25) is 9.59 Å². The molecule has 1 unspecified atom stereocenters. The van der Waals surface area contributed by atoms with Gasteiger partial charge in [-0.2, -0.15) is 0 Å². The van der Waals surface area contributed by atoms with Crippen molar-refractivity contribution >= 4 is 23.1 Å². The van der Waals surface area contributed by atoms with E-state index in [4.69, 9.17) is 0 Å². The van der Waals surface area contributed by atoms with E-state index in [9.17, 15) is 14.7 Å². The molecule has 1 aromatic carbocycles. The average molecular weight is 418 g/mol. The number of pyridine rings is 1. The van der Waals surface area contributed by atoms with Gasteiger partial charge < -0.3 is 19.3 Å². The number of ketones is 1. The molecule has 1 aliphatic rings. The summed E-state index contributed by atoms with van der Waals surface area (Å²) >= 11 is 0. The van der Waals surface area contributed by atoms with E-state index in [1.54, 1.807) is 4.90 Å². The minimum Gasteiger partial charge on any atom is -0.505 e. The number of aliphatic hydroxyl groups excluding tert-OH is 1. The van der Waals surface area contributed by atoms with E-state index < -0.39 is 17.7 Å². The van der Waals surface area contributed by atoms with E-state index in [0.29, 0.717) is 30.1 Å². The second kappa shape index (κ2) is 8.00. The SMILES string of the molecule is Cc1cccn2c(C)c(C(O)=C3C(=O)C(=O)N(CCN(C)C)C3c3ccccc3)nc12. The molecule has 1 fully saturated rings. The van der Waals surface area contributed by atoms with E-state index in [1.807, 2.05) is 85.9 Å². The van der Waals surface area contributed by atoms with Crippen LogP contribution in [0.3, 0.4) is 0 Å². The Balaban J connectivity index is 1.91. The molecule has 0 saturated carbocycles. The predicted octanol–water partition coefficient (Wildman–Crippen LogP) is 2.93. The number of hydrogen-bond donors (Lipinski definition) is 1. The lowest BCUT2D eigenvalue weighted by Crippen LogP contribution is -2.35. The first-order valence-corrected chi connectivity index (χ1v) is 10.2. The van der Waals surface area contributed by atoms with E-state index in [-0.39, 0.29) is 11.3 Å². The smallest absolute Gasteiger partial charge is 0.295 e. The highest BCUT2D eigenvalue weighted by molar-refractivity contribution is 6.46. The Labute approximate surface area is 181 Å². The van der Waals surface area contributed by atoms with Crippen molar-refractivity contribution in [2.24, 2.45) is 0 Å². The molecule has 7 heteroatoms. The van der Waals surface area contributed by atoms with Gasteiger partial charge in [0.15, 0.2) is 5.76 Å². The highest BCUT2D eigenvalue weighted by atomic mass is 16.3. The van der Waals surface area contributed by atoms with Gasteiger partial charge in [0.2, 0.25) is 0 Å². The lowest BCUT2D eigenvalue weighted by atomic mass is 9.96. The standard InChI is InChI=1S/C24H26N4O3/c1-15-9-8-12-27-16(2)19(25-23(15)27)21(29)18-20(17-10-6-5-7-11-17)28(14-13-26(3)4)24(31)22(18)30/h5-12,20,29H,13-14H2,1-4H3. The van der Waals surface area contributed by atoms with Crippen LogP contribution in [-0.2, 0) is 9.59 Å². The monoisotopic (exact) mass is 418 g/mol. The maximum atomic E-state index is 13.1. The second-order valence-corrected chi connectivity index (χ2v) is 8.14. The van der Waals surface area contributed by atoms with Crippen molar-refractivity contribution < 1.29 is 14.7 Å². The zero-order valence-electron chi connectivity index (χ0n) is 18.2. The molecule has 0 radical (unpaired) electrons. The summed E-state index contributed by atoms with van der Waals surface area (Å²) in [4.78, 5) is 34.1. The van der Waals surface area contributed by atoms with E-state index in [0.717, 1.165) is 11.1 Å². The van der Waals surface area contributed by atoms with Crippen LogP contribution in [0.5, 0.6) is 0 Å². The zero-order chi connectivity index (χ0) is 22.3. The molecule has 160 valence electrons. The number of aliphatic hydroxyl groups is 1. The number of nitrogens with zero attached hydrogens (tertiary/aromatic N) is 4.